The van der Waals surface area contributed by atoms with Gasteiger partial charge in [0.15, 0.2) is 0 Å². The van der Waals surface area contributed by atoms with Crippen LogP contribution in [0.15, 0.2) is 16.6 Å². The van der Waals surface area contributed by atoms with Gasteiger partial charge in [-0.15, -0.1) is 0 Å². The molecule has 1 aromatic carbocycles. The van der Waals surface area contributed by atoms with Crippen molar-refractivity contribution < 1.29 is 4.79 Å². The quantitative estimate of drug-likeness (QED) is 0.880. The third kappa shape index (κ3) is 3.00. The number of aryl methyl sites for hydroxylation is 1. The molecule has 0 aromatic heterocycles. The number of carbonyl (C=O) groups is 1. The molecule has 0 aliphatic carbocycles. The maximum Gasteiger partial charge on any atom is 0.241 e. The maximum absolute atomic E-state index is 11.9. The maximum atomic E-state index is 11.9. The van der Waals surface area contributed by atoms with Crippen LogP contribution in [0.25, 0.3) is 0 Å². The standard InChI is InChI=1S/C12H14BrClN2O/c1-7-5-8(13)11(6-9(7)14)16-12(17)10-3-2-4-15-10/h5-6,10,15H,2-4H2,1H3,(H,16,17). The molecule has 1 aliphatic heterocycles. The van der Waals surface area contributed by atoms with Crippen molar-refractivity contribution in [3.05, 3.63) is 27.2 Å². The van der Waals surface area contributed by atoms with E-state index in [1.54, 1.807) is 6.07 Å². The van der Waals surface area contributed by atoms with E-state index in [0.29, 0.717) is 5.02 Å². The van der Waals surface area contributed by atoms with E-state index in [0.717, 1.165) is 35.1 Å². The minimum absolute atomic E-state index is 0.00289. The summed E-state index contributed by atoms with van der Waals surface area (Å²) in [5.41, 5.74) is 1.70. The molecule has 1 aliphatic rings. The fraction of sp³-hybridized carbons (Fsp3) is 0.417. The van der Waals surface area contributed by atoms with Crippen LogP contribution in [-0.4, -0.2) is 18.5 Å². The van der Waals surface area contributed by atoms with Gasteiger partial charge < -0.3 is 10.6 Å². The highest BCUT2D eigenvalue weighted by Crippen LogP contribution is 2.29. The summed E-state index contributed by atoms with van der Waals surface area (Å²) in [5.74, 6) is 0.00289. The molecular formula is C12H14BrClN2O. The summed E-state index contributed by atoms with van der Waals surface area (Å²) in [6, 6.07) is 3.59. The summed E-state index contributed by atoms with van der Waals surface area (Å²) in [4.78, 5) is 11.9. The molecule has 1 atom stereocenters. The molecule has 1 aromatic rings. The molecule has 1 amide bonds. The van der Waals surface area contributed by atoms with E-state index in [1.807, 2.05) is 13.0 Å². The van der Waals surface area contributed by atoms with E-state index in [4.69, 9.17) is 11.6 Å². The normalized spacial score (nSPS) is 19.4. The Balaban J connectivity index is 2.12. The van der Waals surface area contributed by atoms with Crippen LogP contribution in [-0.2, 0) is 4.79 Å². The fourth-order valence-electron chi connectivity index (χ4n) is 1.87. The van der Waals surface area contributed by atoms with Crippen LogP contribution in [0.2, 0.25) is 5.02 Å². The lowest BCUT2D eigenvalue weighted by molar-refractivity contribution is -0.117. The van der Waals surface area contributed by atoms with Gasteiger partial charge in [-0.1, -0.05) is 11.6 Å². The number of nitrogens with one attached hydrogen (secondary N) is 2. The molecule has 3 nitrogen and oxygen atoms in total. The van der Waals surface area contributed by atoms with Gasteiger partial charge in [-0.2, -0.15) is 0 Å². The van der Waals surface area contributed by atoms with E-state index < -0.39 is 0 Å². The second kappa shape index (κ2) is 5.38. The predicted molar refractivity (Wildman–Crippen MR) is 73.5 cm³/mol. The Morgan fingerprint density at radius 3 is 3.00 bits per heavy atom. The van der Waals surface area contributed by atoms with Crippen LogP contribution in [0.4, 0.5) is 5.69 Å². The average Bonchev–Trinajstić information content (AvgIpc) is 2.79. The van der Waals surface area contributed by atoms with Gasteiger partial charge >= 0.3 is 0 Å². The highest BCUT2D eigenvalue weighted by atomic mass is 79.9. The number of benzene rings is 1. The van der Waals surface area contributed by atoms with E-state index >= 15 is 0 Å². The number of carbonyl (C=O) groups excluding carboxylic acids is 1. The largest absolute Gasteiger partial charge is 0.324 e. The second-order valence-electron chi connectivity index (χ2n) is 4.22. The first kappa shape index (κ1) is 12.9. The first-order valence-corrected chi connectivity index (χ1v) is 6.75. The smallest absolute Gasteiger partial charge is 0.241 e. The first-order valence-electron chi connectivity index (χ1n) is 5.58. The summed E-state index contributed by atoms with van der Waals surface area (Å²) < 4.78 is 0.853. The Hall–Kier alpha value is -0.580. The van der Waals surface area contributed by atoms with Gasteiger partial charge in [0, 0.05) is 9.50 Å². The third-order valence-electron chi connectivity index (χ3n) is 2.88. The Labute approximate surface area is 114 Å². The molecule has 1 saturated heterocycles. The molecule has 2 rings (SSSR count). The van der Waals surface area contributed by atoms with Crippen LogP contribution in [0.1, 0.15) is 18.4 Å². The molecule has 0 bridgehead atoms. The molecule has 0 saturated carbocycles. The molecular weight excluding hydrogens is 304 g/mol. The summed E-state index contributed by atoms with van der Waals surface area (Å²) in [7, 11) is 0. The lowest BCUT2D eigenvalue weighted by Crippen LogP contribution is -2.35. The molecule has 5 heteroatoms. The molecule has 1 fully saturated rings. The molecule has 0 spiro atoms. The van der Waals surface area contributed by atoms with Crippen molar-refractivity contribution in [1.82, 2.24) is 5.32 Å². The monoisotopic (exact) mass is 316 g/mol. The predicted octanol–water partition coefficient (Wildman–Crippen LogP) is 3.10. The molecule has 2 N–H and O–H groups in total. The highest BCUT2D eigenvalue weighted by molar-refractivity contribution is 9.10. The molecule has 17 heavy (non-hydrogen) atoms. The van der Waals surface area contributed by atoms with Gasteiger partial charge in [0.25, 0.3) is 0 Å². The Bertz CT molecular complexity index is 444. The highest BCUT2D eigenvalue weighted by Gasteiger charge is 2.22. The van der Waals surface area contributed by atoms with E-state index in [1.165, 1.54) is 0 Å². The molecule has 1 heterocycles. The average molecular weight is 318 g/mol. The Morgan fingerprint density at radius 1 is 1.59 bits per heavy atom. The number of halogens is 2. The van der Waals surface area contributed by atoms with Gasteiger partial charge in [0.2, 0.25) is 5.91 Å². The van der Waals surface area contributed by atoms with Crippen molar-refractivity contribution in [3.8, 4) is 0 Å². The van der Waals surface area contributed by atoms with Crippen molar-refractivity contribution >= 4 is 39.1 Å². The molecule has 1 unspecified atom stereocenters. The van der Waals surface area contributed by atoms with Crippen LogP contribution in [0.3, 0.4) is 0 Å². The van der Waals surface area contributed by atoms with Crippen molar-refractivity contribution in [2.24, 2.45) is 0 Å². The number of hydrogen-bond acceptors (Lipinski definition) is 2. The van der Waals surface area contributed by atoms with Crippen molar-refractivity contribution in [3.63, 3.8) is 0 Å². The number of rotatable bonds is 2. The topological polar surface area (TPSA) is 41.1 Å². The summed E-state index contributed by atoms with van der Waals surface area (Å²) in [6.07, 6.45) is 1.94. The van der Waals surface area contributed by atoms with Crippen molar-refractivity contribution in [2.45, 2.75) is 25.8 Å². The first-order chi connectivity index (χ1) is 8.08. The SMILES string of the molecule is Cc1cc(Br)c(NC(=O)C2CCCN2)cc1Cl. The summed E-state index contributed by atoms with van der Waals surface area (Å²) in [6.45, 7) is 2.84. The van der Waals surface area contributed by atoms with Gasteiger partial charge in [-0.25, -0.2) is 0 Å². The van der Waals surface area contributed by atoms with Gasteiger partial charge in [-0.05, 0) is 59.9 Å². The van der Waals surface area contributed by atoms with Crippen LogP contribution >= 0.6 is 27.5 Å². The van der Waals surface area contributed by atoms with E-state index in [9.17, 15) is 4.79 Å². The van der Waals surface area contributed by atoms with Crippen LogP contribution in [0, 0.1) is 6.92 Å². The Kier molecular flexibility index (Phi) is 4.07. The number of amides is 1. The molecule has 0 radical (unpaired) electrons. The fourth-order valence-corrected chi connectivity index (χ4v) is 2.59. The van der Waals surface area contributed by atoms with Crippen LogP contribution in [0.5, 0.6) is 0 Å². The van der Waals surface area contributed by atoms with Gasteiger partial charge in [-0.3, -0.25) is 4.79 Å². The zero-order valence-corrected chi connectivity index (χ0v) is 11.9. The number of anilines is 1. The zero-order chi connectivity index (χ0) is 12.4. The van der Waals surface area contributed by atoms with Gasteiger partial charge in [0.1, 0.15) is 0 Å². The van der Waals surface area contributed by atoms with Crippen LogP contribution < -0.4 is 10.6 Å². The third-order valence-corrected chi connectivity index (χ3v) is 3.95. The summed E-state index contributed by atoms with van der Waals surface area (Å²) >= 11 is 9.47. The molecule has 92 valence electrons. The van der Waals surface area contributed by atoms with Gasteiger partial charge in [0.05, 0.1) is 11.7 Å². The van der Waals surface area contributed by atoms with E-state index in [-0.39, 0.29) is 11.9 Å². The minimum atomic E-state index is -0.0815. The summed E-state index contributed by atoms with van der Waals surface area (Å²) in [5, 5.41) is 6.70. The lowest BCUT2D eigenvalue weighted by Gasteiger charge is -2.13. The Morgan fingerprint density at radius 2 is 2.35 bits per heavy atom. The van der Waals surface area contributed by atoms with E-state index in [2.05, 4.69) is 26.6 Å². The zero-order valence-electron chi connectivity index (χ0n) is 9.52. The van der Waals surface area contributed by atoms with Crippen molar-refractivity contribution in [2.75, 3.05) is 11.9 Å². The van der Waals surface area contributed by atoms with Crippen molar-refractivity contribution in [1.29, 1.82) is 0 Å². The second-order valence-corrected chi connectivity index (χ2v) is 5.48. The number of hydrogen-bond donors (Lipinski definition) is 2. The lowest BCUT2D eigenvalue weighted by atomic mass is 10.2. The minimum Gasteiger partial charge on any atom is -0.324 e.